The van der Waals surface area contributed by atoms with Crippen LogP contribution in [0.1, 0.15) is 10.4 Å². The van der Waals surface area contributed by atoms with E-state index in [0.29, 0.717) is 79.1 Å². The number of ether oxygens (including phenoxy) is 10. The summed E-state index contributed by atoms with van der Waals surface area (Å²) in [6.45, 7) is 5.24. The first-order chi connectivity index (χ1) is 23.7. The SMILES string of the molecule is COC(=O)c1cc(OCCOCCOCCN=C(N)N)c(OCCOCCOCCN=C(N)N)c(OCCOCCOCCN=C(N)N)c1. The Morgan fingerprint density at radius 1 is 0.490 bits per heavy atom. The summed E-state index contributed by atoms with van der Waals surface area (Å²) in [6.07, 6.45) is 0. The Bertz CT molecular complexity index is 1060. The fourth-order valence-corrected chi connectivity index (χ4v) is 3.48. The number of carbonyl (C=O) groups is 1. The molecular weight excluding hydrogens is 650 g/mol. The average molecular weight is 704 g/mol. The van der Waals surface area contributed by atoms with E-state index in [1.54, 1.807) is 0 Å². The van der Waals surface area contributed by atoms with Crippen molar-refractivity contribution in [3.05, 3.63) is 17.7 Å². The van der Waals surface area contributed by atoms with E-state index in [2.05, 4.69) is 15.0 Å². The zero-order valence-corrected chi connectivity index (χ0v) is 28.2. The second-order valence-corrected chi connectivity index (χ2v) is 9.43. The summed E-state index contributed by atoms with van der Waals surface area (Å²) in [5, 5.41) is 0. The summed E-state index contributed by atoms with van der Waals surface area (Å²) >= 11 is 0. The Morgan fingerprint density at radius 2 is 0.796 bits per heavy atom. The molecule has 0 fully saturated rings. The quantitative estimate of drug-likeness (QED) is 0.0202. The van der Waals surface area contributed by atoms with Crippen LogP contribution in [0.5, 0.6) is 17.2 Å². The highest BCUT2D eigenvalue weighted by Gasteiger charge is 2.19. The molecule has 0 aliphatic heterocycles. The molecule has 12 N–H and O–H groups in total. The second kappa shape index (κ2) is 28.7. The largest absolute Gasteiger partial charge is 0.487 e. The maximum atomic E-state index is 12.5. The molecule has 1 aromatic rings. The molecule has 0 aromatic heterocycles. The van der Waals surface area contributed by atoms with Gasteiger partial charge in [-0.25, -0.2) is 4.79 Å². The molecule has 49 heavy (non-hydrogen) atoms. The molecule has 20 heteroatoms. The summed E-state index contributed by atoms with van der Waals surface area (Å²) in [4.78, 5) is 24.0. The van der Waals surface area contributed by atoms with E-state index in [0.717, 1.165) is 0 Å². The van der Waals surface area contributed by atoms with Gasteiger partial charge in [-0.1, -0.05) is 0 Å². The highest BCUT2D eigenvalue weighted by Crippen LogP contribution is 2.39. The Balaban J connectivity index is 2.73. The van der Waals surface area contributed by atoms with Gasteiger partial charge in [0.2, 0.25) is 5.75 Å². The molecule has 20 nitrogen and oxygen atoms in total. The summed E-state index contributed by atoms with van der Waals surface area (Å²) in [5.41, 5.74) is 31.9. The molecular formula is C29H53N9O11. The van der Waals surface area contributed by atoms with Gasteiger partial charge < -0.3 is 81.8 Å². The van der Waals surface area contributed by atoms with Gasteiger partial charge in [0.15, 0.2) is 29.4 Å². The molecule has 0 bridgehead atoms. The predicted molar refractivity (Wildman–Crippen MR) is 181 cm³/mol. The van der Waals surface area contributed by atoms with E-state index in [-0.39, 0.29) is 80.3 Å². The lowest BCUT2D eigenvalue weighted by Crippen LogP contribution is -2.23. The van der Waals surface area contributed by atoms with Crippen LogP contribution in [0.2, 0.25) is 0 Å². The monoisotopic (exact) mass is 703 g/mol. The number of carbonyl (C=O) groups excluding carboxylic acids is 1. The van der Waals surface area contributed by atoms with Crippen molar-refractivity contribution in [2.45, 2.75) is 0 Å². The number of aliphatic imine (C=N–C) groups is 3. The highest BCUT2D eigenvalue weighted by molar-refractivity contribution is 5.91. The number of methoxy groups -OCH3 is 1. The fraction of sp³-hybridized carbons (Fsp3) is 0.655. The molecule has 0 amide bonds. The van der Waals surface area contributed by atoms with Gasteiger partial charge in [-0.05, 0) is 12.1 Å². The van der Waals surface area contributed by atoms with Gasteiger partial charge in [-0.3, -0.25) is 15.0 Å². The van der Waals surface area contributed by atoms with Crippen molar-refractivity contribution in [2.75, 3.05) is 126 Å². The Morgan fingerprint density at radius 3 is 1.12 bits per heavy atom. The first kappa shape index (κ1) is 42.7. The molecule has 0 saturated heterocycles. The van der Waals surface area contributed by atoms with Gasteiger partial charge in [0.05, 0.1) is 112 Å². The summed E-state index contributed by atoms with van der Waals surface area (Å²) in [7, 11) is 1.27. The van der Waals surface area contributed by atoms with Crippen LogP contribution in [-0.2, 0) is 33.2 Å². The first-order valence-corrected chi connectivity index (χ1v) is 15.5. The topological polar surface area (TPSA) is 303 Å². The average Bonchev–Trinajstić information content (AvgIpc) is 3.06. The first-order valence-electron chi connectivity index (χ1n) is 15.5. The van der Waals surface area contributed by atoms with Crippen molar-refractivity contribution in [1.29, 1.82) is 0 Å². The third-order valence-electron chi connectivity index (χ3n) is 5.59. The molecule has 0 aliphatic rings. The molecule has 0 atom stereocenters. The van der Waals surface area contributed by atoms with Crippen LogP contribution in [0.3, 0.4) is 0 Å². The van der Waals surface area contributed by atoms with Gasteiger partial charge in [-0.2, -0.15) is 0 Å². The van der Waals surface area contributed by atoms with Crippen LogP contribution in [0.15, 0.2) is 27.1 Å². The minimum absolute atomic E-state index is 0.00603. The Kier molecular flexibility index (Phi) is 25.0. The van der Waals surface area contributed by atoms with Gasteiger partial charge in [0, 0.05) is 0 Å². The number of guanidine groups is 3. The van der Waals surface area contributed by atoms with Crippen LogP contribution in [0.4, 0.5) is 0 Å². The van der Waals surface area contributed by atoms with Gasteiger partial charge >= 0.3 is 5.97 Å². The molecule has 1 aromatic carbocycles. The van der Waals surface area contributed by atoms with E-state index in [1.165, 1.54) is 19.2 Å². The standard InChI is InChI=1S/C29H53N9O11/c1-40-26(39)22-20-23(47-17-14-44-11-8-41-5-2-36-27(30)31)25(49-19-16-46-13-10-43-7-4-38-29(34)35)24(21-22)48-18-15-45-12-9-42-6-3-37-28(32)33/h20-21H,2-19H2,1H3,(H4,30,31,36)(H4,32,33,37)(H4,34,35,38). The summed E-state index contributed by atoms with van der Waals surface area (Å²) < 4.78 is 55.8. The van der Waals surface area contributed by atoms with Gasteiger partial charge in [0.25, 0.3) is 0 Å². The lowest BCUT2D eigenvalue weighted by molar-refractivity contribution is 0.0331. The van der Waals surface area contributed by atoms with Crippen molar-refractivity contribution < 1.29 is 52.2 Å². The Hall–Kier alpha value is -4.34. The third-order valence-corrected chi connectivity index (χ3v) is 5.59. The molecule has 0 unspecified atom stereocenters. The second-order valence-electron chi connectivity index (χ2n) is 9.43. The minimum Gasteiger partial charge on any atom is -0.487 e. The van der Waals surface area contributed by atoms with E-state index >= 15 is 0 Å². The summed E-state index contributed by atoms with van der Waals surface area (Å²) in [5.74, 6) is 0.176. The molecule has 0 saturated carbocycles. The fourth-order valence-electron chi connectivity index (χ4n) is 3.48. The lowest BCUT2D eigenvalue weighted by Gasteiger charge is -2.18. The maximum absolute atomic E-state index is 12.5. The number of benzene rings is 1. The zero-order chi connectivity index (χ0) is 36.0. The number of hydrogen-bond acceptors (Lipinski definition) is 14. The van der Waals surface area contributed by atoms with Crippen molar-refractivity contribution in [3.8, 4) is 17.2 Å². The smallest absolute Gasteiger partial charge is 0.338 e. The van der Waals surface area contributed by atoms with Crippen molar-refractivity contribution in [1.82, 2.24) is 0 Å². The lowest BCUT2D eigenvalue weighted by atomic mass is 10.2. The van der Waals surface area contributed by atoms with E-state index in [1.807, 2.05) is 0 Å². The van der Waals surface area contributed by atoms with Crippen molar-refractivity contribution in [3.63, 3.8) is 0 Å². The van der Waals surface area contributed by atoms with E-state index in [9.17, 15) is 4.79 Å². The number of rotatable bonds is 31. The number of hydrogen-bond donors (Lipinski definition) is 6. The van der Waals surface area contributed by atoms with E-state index in [4.69, 9.17) is 81.8 Å². The molecule has 0 aliphatic carbocycles. The zero-order valence-electron chi connectivity index (χ0n) is 28.2. The number of nitrogens with zero attached hydrogens (tertiary/aromatic N) is 3. The van der Waals surface area contributed by atoms with Crippen LogP contribution in [0.25, 0.3) is 0 Å². The van der Waals surface area contributed by atoms with Crippen LogP contribution < -0.4 is 48.6 Å². The molecule has 280 valence electrons. The van der Waals surface area contributed by atoms with Crippen LogP contribution in [-0.4, -0.2) is 150 Å². The van der Waals surface area contributed by atoms with Gasteiger partial charge in [-0.15, -0.1) is 0 Å². The maximum Gasteiger partial charge on any atom is 0.338 e. The normalized spacial score (nSPS) is 10.6. The summed E-state index contributed by atoms with van der Waals surface area (Å²) in [6, 6.07) is 3.00. The van der Waals surface area contributed by atoms with E-state index < -0.39 is 5.97 Å². The van der Waals surface area contributed by atoms with Crippen LogP contribution in [0, 0.1) is 0 Å². The number of nitrogens with two attached hydrogens (primary N) is 6. The molecule has 0 spiro atoms. The van der Waals surface area contributed by atoms with Gasteiger partial charge in [0.1, 0.15) is 19.8 Å². The highest BCUT2D eigenvalue weighted by atomic mass is 16.6. The molecule has 1 rings (SSSR count). The van der Waals surface area contributed by atoms with Crippen LogP contribution >= 0.6 is 0 Å². The Labute approximate surface area is 286 Å². The minimum atomic E-state index is -0.590. The third kappa shape index (κ3) is 23.6. The van der Waals surface area contributed by atoms with Crippen molar-refractivity contribution >= 4 is 23.8 Å². The molecule has 0 heterocycles. The number of esters is 1. The van der Waals surface area contributed by atoms with Crippen molar-refractivity contribution in [2.24, 2.45) is 49.4 Å². The molecule has 0 radical (unpaired) electrons. The predicted octanol–water partition coefficient (Wildman–Crippen LogP) is -2.47.